The van der Waals surface area contributed by atoms with Crippen molar-refractivity contribution in [1.82, 2.24) is 0 Å². The lowest BCUT2D eigenvalue weighted by molar-refractivity contribution is -0.155. The first-order chi connectivity index (χ1) is 11.9. The minimum absolute atomic E-state index is 0.00185. The van der Waals surface area contributed by atoms with E-state index in [1.165, 1.54) is 0 Å². The number of halogens is 1. The van der Waals surface area contributed by atoms with Crippen LogP contribution in [0.1, 0.15) is 46.5 Å². The molecule has 0 aliphatic rings. The first-order valence-corrected chi connectivity index (χ1v) is 9.04. The van der Waals surface area contributed by atoms with Crippen molar-refractivity contribution in [3.8, 4) is 5.75 Å². The molecule has 0 aliphatic carbocycles. The Morgan fingerprint density at radius 3 is 2.40 bits per heavy atom. The van der Waals surface area contributed by atoms with Gasteiger partial charge in [-0.25, -0.2) is 0 Å². The van der Waals surface area contributed by atoms with Crippen LogP contribution in [0.5, 0.6) is 5.75 Å². The Hall–Kier alpha value is -1.75. The summed E-state index contributed by atoms with van der Waals surface area (Å²) < 4.78 is 15.9. The Morgan fingerprint density at radius 2 is 1.76 bits per heavy atom. The van der Waals surface area contributed by atoms with Crippen molar-refractivity contribution >= 4 is 23.5 Å². The first kappa shape index (κ1) is 21.3. The molecule has 0 spiro atoms. The molecule has 1 atom stereocenters. The van der Waals surface area contributed by atoms with E-state index in [1.807, 2.05) is 26.8 Å². The van der Waals surface area contributed by atoms with Crippen LogP contribution in [-0.2, 0) is 19.1 Å². The molecule has 6 heteroatoms. The average Bonchev–Trinajstić information content (AvgIpc) is 2.58. The van der Waals surface area contributed by atoms with Crippen LogP contribution in [0.3, 0.4) is 0 Å². The number of benzene rings is 1. The highest BCUT2D eigenvalue weighted by Crippen LogP contribution is 2.22. The number of para-hydroxylation sites is 1. The second kappa shape index (κ2) is 11.7. The lowest BCUT2D eigenvalue weighted by Crippen LogP contribution is -2.24. The first-order valence-electron chi connectivity index (χ1n) is 8.66. The molecular weight excluding hydrogens is 344 g/mol. The van der Waals surface area contributed by atoms with Crippen LogP contribution < -0.4 is 4.74 Å². The molecular formula is C19H27ClO5. The zero-order chi connectivity index (χ0) is 18.7. The number of esters is 2. The SMILES string of the molecule is CCCC(OC(=O)CCC(=O)OCCOc1ccccc1Cl)C(C)C. The van der Waals surface area contributed by atoms with E-state index in [4.69, 9.17) is 25.8 Å². The Bertz CT molecular complexity index is 544. The van der Waals surface area contributed by atoms with Gasteiger partial charge in [0.2, 0.25) is 0 Å². The number of carbonyl (C=O) groups is 2. The molecule has 0 radical (unpaired) electrons. The molecule has 1 rings (SSSR count). The maximum atomic E-state index is 11.8. The minimum Gasteiger partial charge on any atom is -0.488 e. The fraction of sp³-hybridized carbons (Fsp3) is 0.579. The summed E-state index contributed by atoms with van der Waals surface area (Å²) in [4.78, 5) is 23.5. The summed E-state index contributed by atoms with van der Waals surface area (Å²) in [6, 6.07) is 7.07. The Kier molecular flexibility index (Phi) is 10.0. The minimum atomic E-state index is -0.448. The van der Waals surface area contributed by atoms with E-state index in [0.717, 1.165) is 12.8 Å². The van der Waals surface area contributed by atoms with E-state index >= 15 is 0 Å². The molecule has 1 aromatic rings. The van der Waals surface area contributed by atoms with Crippen LogP contribution in [-0.4, -0.2) is 31.3 Å². The Balaban J connectivity index is 2.19. The van der Waals surface area contributed by atoms with Crippen molar-refractivity contribution in [2.24, 2.45) is 5.92 Å². The highest BCUT2D eigenvalue weighted by molar-refractivity contribution is 6.32. The monoisotopic (exact) mass is 370 g/mol. The van der Waals surface area contributed by atoms with Gasteiger partial charge >= 0.3 is 11.9 Å². The molecule has 0 N–H and O–H groups in total. The largest absolute Gasteiger partial charge is 0.488 e. The maximum Gasteiger partial charge on any atom is 0.306 e. The molecule has 1 aromatic carbocycles. The van der Waals surface area contributed by atoms with Gasteiger partial charge < -0.3 is 14.2 Å². The van der Waals surface area contributed by atoms with Crippen LogP contribution >= 0.6 is 11.6 Å². The Morgan fingerprint density at radius 1 is 1.08 bits per heavy atom. The zero-order valence-corrected chi connectivity index (χ0v) is 15.9. The quantitative estimate of drug-likeness (QED) is 0.426. The van der Waals surface area contributed by atoms with Gasteiger partial charge in [-0.05, 0) is 24.5 Å². The summed E-state index contributed by atoms with van der Waals surface area (Å²) in [6.07, 6.45) is 1.70. The molecule has 0 heterocycles. The van der Waals surface area contributed by atoms with E-state index in [1.54, 1.807) is 18.2 Å². The number of rotatable bonds is 11. The normalized spacial score (nSPS) is 11.9. The van der Waals surface area contributed by atoms with Gasteiger partial charge in [-0.3, -0.25) is 9.59 Å². The van der Waals surface area contributed by atoms with Gasteiger partial charge in [-0.15, -0.1) is 0 Å². The molecule has 0 amide bonds. The fourth-order valence-corrected chi connectivity index (χ4v) is 2.38. The summed E-state index contributed by atoms with van der Waals surface area (Å²) in [7, 11) is 0. The summed E-state index contributed by atoms with van der Waals surface area (Å²) in [5.74, 6) is -0.00929. The van der Waals surface area contributed by atoms with Crippen molar-refractivity contribution in [2.75, 3.05) is 13.2 Å². The molecule has 140 valence electrons. The number of ether oxygens (including phenoxy) is 3. The van der Waals surface area contributed by atoms with Gasteiger partial charge in [0.05, 0.1) is 17.9 Å². The third-order valence-electron chi connectivity index (χ3n) is 3.57. The predicted octanol–water partition coefficient (Wildman–Crippen LogP) is 4.41. The van der Waals surface area contributed by atoms with Crippen molar-refractivity contribution in [3.05, 3.63) is 29.3 Å². The molecule has 1 unspecified atom stereocenters. The average molecular weight is 371 g/mol. The summed E-state index contributed by atoms with van der Waals surface area (Å²) in [5.41, 5.74) is 0. The van der Waals surface area contributed by atoms with Gasteiger partial charge in [0.1, 0.15) is 25.1 Å². The van der Waals surface area contributed by atoms with E-state index < -0.39 is 5.97 Å². The Labute approximate surface area is 154 Å². The van der Waals surface area contributed by atoms with Crippen molar-refractivity contribution in [2.45, 2.75) is 52.6 Å². The molecule has 0 fully saturated rings. The van der Waals surface area contributed by atoms with E-state index in [-0.39, 0.29) is 44.0 Å². The molecule has 0 saturated carbocycles. The third kappa shape index (κ3) is 8.77. The van der Waals surface area contributed by atoms with Gasteiger partial charge in [-0.2, -0.15) is 0 Å². The van der Waals surface area contributed by atoms with Gasteiger partial charge in [0, 0.05) is 0 Å². The highest BCUT2D eigenvalue weighted by atomic mass is 35.5. The molecule has 5 nitrogen and oxygen atoms in total. The standard InChI is InChI=1S/C19H27ClO5/c1-4-7-16(14(2)3)25-19(22)11-10-18(21)24-13-12-23-17-9-6-5-8-15(17)20/h5-6,8-9,14,16H,4,7,10-13H2,1-3H3. The van der Waals surface area contributed by atoms with Crippen molar-refractivity contribution in [1.29, 1.82) is 0 Å². The topological polar surface area (TPSA) is 61.8 Å². The number of hydrogen-bond donors (Lipinski definition) is 0. The van der Waals surface area contributed by atoms with Crippen LogP contribution in [0, 0.1) is 5.92 Å². The highest BCUT2D eigenvalue weighted by Gasteiger charge is 2.18. The molecule has 0 aliphatic heterocycles. The molecule has 0 saturated heterocycles. The second-order valence-electron chi connectivity index (χ2n) is 6.06. The van der Waals surface area contributed by atoms with Gasteiger partial charge in [0.25, 0.3) is 0 Å². The van der Waals surface area contributed by atoms with Crippen LogP contribution in [0.25, 0.3) is 0 Å². The van der Waals surface area contributed by atoms with Crippen LogP contribution in [0.4, 0.5) is 0 Å². The lowest BCUT2D eigenvalue weighted by Gasteiger charge is -2.20. The van der Waals surface area contributed by atoms with E-state index in [0.29, 0.717) is 10.8 Å². The second-order valence-corrected chi connectivity index (χ2v) is 6.47. The molecule has 0 aromatic heterocycles. The summed E-state index contributed by atoms with van der Waals surface area (Å²) >= 11 is 5.95. The smallest absolute Gasteiger partial charge is 0.306 e. The zero-order valence-electron chi connectivity index (χ0n) is 15.1. The maximum absolute atomic E-state index is 11.8. The summed E-state index contributed by atoms with van der Waals surface area (Å²) in [6.45, 7) is 6.38. The third-order valence-corrected chi connectivity index (χ3v) is 3.89. The van der Waals surface area contributed by atoms with E-state index in [9.17, 15) is 9.59 Å². The van der Waals surface area contributed by atoms with Crippen molar-refractivity contribution in [3.63, 3.8) is 0 Å². The van der Waals surface area contributed by atoms with Crippen LogP contribution in [0.15, 0.2) is 24.3 Å². The fourth-order valence-electron chi connectivity index (χ4n) is 2.19. The lowest BCUT2D eigenvalue weighted by atomic mass is 10.0. The van der Waals surface area contributed by atoms with Crippen molar-refractivity contribution < 1.29 is 23.8 Å². The van der Waals surface area contributed by atoms with Gasteiger partial charge in [-0.1, -0.05) is 50.9 Å². The molecule has 0 bridgehead atoms. The number of hydrogen-bond acceptors (Lipinski definition) is 5. The summed E-state index contributed by atoms with van der Waals surface area (Å²) in [5, 5.41) is 0.503. The molecule has 25 heavy (non-hydrogen) atoms. The van der Waals surface area contributed by atoms with Crippen LogP contribution in [0.2, 0.25) is 5.02 Å². The van der Waals surface area contributed by atoms with Gasteiger partial charge in [0.15, 0.2) is 0 Å². The number of carbonyl (C=O) groups excluding carboxylic acids is 2. The predicted molar refractivity (Wildman–Crippen MR) is 96.8 cm³/mol. The van der Waals surface area contributed by atoms with E-state index in [2.05, 4.69) is 0 Å².